The zero-order valence-corrected chi connectivity index (χ0v) is 12.0. The number of rotatable bonds is 5. The van der Waals surface area contributed by atoms with Crippen LogP contribution in [0.4, 0.5) is 13.2 Å². The summed E-state index contributed by atoms with van der Waals surface area (Å²) in [6.45, 7) is -0.563. The molecular weight excluding hydrogens is 329 g/mol. The highest BCUT2D eigenvalue weighted by atomic mass is 19.4. The lowest BCUT2D eigenvalue weighted by molar-refractivity contribution is -0.141. The number of hydrogen-bond acceptors (Lipinski definition) is 4. The van der Waals surface area contributed by atoms with E-state index in [4.69, 9.17) is 9.84 Å². The molecule has 1 aromatic carbocycles. The Hall–Kier alpha value is -3.10. The zero-order valence-electron chi connectivity index (χ0n) is 12.0. The highest BCUT2D eigenvalue weighted by Crippen LogP contribution is 2.27. The number of carbonyl (C=O) groups is 1. The van der Waals surface area contributed by atoms with Gasteiger partial charge in [0, 0.05) is 5.56 Å². The minimum Gasteiger partial charge on any atom is -0.481 e. The van der Waals surface area contributed by atoms with Crippen molar-refractivity contribution in [3.8, 4) is 5.75 Å². The third-order valence-corrected chi connectivity index (χ3v) is 2.77. The van der Waals surface area contributed by atoms with Crippen molar-refractivity contribution in [3.63, 3.8) is 0 Å². The third-order valence-electron chi connectivity index (χ3n) is 2.77. The average molecular weight is 340 g/mol. The second-order valence-corrected chi connectivity index (χ2v) is 4.58. The smallest absolute Gasteiger partial charge is 0.431 e. The molecule has 126 valence electrons. The molecule has 24 heavy (non-hydrogen) atoms. The van der Waals surface area contributed by atoms with E-state index in [0.29, 0.717) is 11.6 Å². The molecule has 1 aromatic heterocycles. The molecule has 0 unspecified atom stereocenters. The van der Waals surface area contributed by atoms with Gasteiger partial charge in [0.15, 0.2) is 6.61 Å². The summed E-state index contributed by atoms with van der Waals surface area (Å²) in [6.07, 6.45) is -2.13. The fraction of sp³-hybridized carbons (Fsp3) is 0.133. The molecule has 0 fully saturated rings. The summed E-state index contributed by atoms with van der Waals surface area (Å²) in [5, 5.41) is 8.61. The maximum absolute atomic E-state index is 12.7. The van der Waals surface area contributed by atoms with Crippen molar-refractivity contribution in [2.45, 2.75) is 6.18 Å². The Morgan fingerprint density at radius 3 is 2.67 bits per heavy atom. The molecule has 0 atom stereocenters. The predicted octanol–water partition coefficient (Wildman–Crippen LogP) is 2.42. The molecule has 9 heteroatoms. The Labute approximate surface area is 133 Å². The van der Waals surface area contributed by atoms with Crippen LogP contribution in [0.25, 0.3) is 12.2 Å². The van der Waals surface area contributed by atoms with Crippen molar-refractivity contribution in [3.05, 3.63) is 57.8 Å². The van der Waals surface area contributed by atoms with Gasteiger partial charge in [-0.1, -0.05) is 18.2 Å². The van der Waals surface area contributed by atoms with E-state index >= 15 is 0 Å². The number of halogens is 3. The fourth-order valence-electron chi connectivity index (χ4n) is 1.78. The molecule has 0 bridgehead atoms. The van der Waals surface area contributed by atoms with Gasteiger partial charge < -0.3 is 14.8 Å². The Kier molecular flexibility index (Phi) is 5.02. The Morgan fingerprint density at radius 1 is 1.29 bits per heavy atom. The van der Waals surface area contributed by atoms with Gasteiger partial charge in [0.25, 0.3) is 0 Å². The Bertz CT molecular complexity index is 828. The van der Waals surface area contributed by atoms with Gasteiger partial charge in [0.05, 0.1) is 5.69 Å². The van der Waals surface area contributed by atoms with Crippen LogP contribution in [0.5, 0.6) is 5.75 Å². The first-order valence-electron chi connectivity index (χ1n) is 6.56. The molecule has 0 radical (unpaired) electrons. The van der Waals surface area contributed by atoms with Crippen LogP contribution in [0.3, 0.4) is 0 Å². The van der Waals surface area contributed by atoms with Crippen molar-refractivity contribution in [1.82, 2.24) is 9.97 Å². The number of aromatic amines is 1. The lowest BCUT2D eigenvalue weighted by Gasteiger charge is -2.07. The minimum atomic E-state index is -4.70. The van der Waals surface area contributed by atoms with Gasteiger partial charge in [-0.2, -0.15) is 18.2 Å². The highest BCUT2D eigenvalue weighted by molar-refractivity contribution is 5.72. The van der Waals surface area contributed by atoms with Crippen LogP contribution >= 0.6 is 0 Å². The number of benzene rings is 1. The summed E-state index contributed by atoms with van der Waals surface area (Å²) in [4.78, 5) is 26.8. The monoisotopic (exact) mass is 340 g/mol. The SMILES string of the molecule is O=C(O)COc1ccccc1/C=C/c1cc(C(F)(F)F)[nH]c(=O)n1. The molecule has 2 N–H and O–H groups in total. The first kappa shape index (κ1) is 17.3. The molecule has 0 aliphatic heterocycles. The molecule has 1 heterocycles. The number of carboxylic acids is 1. The van der Waals surface area contributed by atoms with Crippen LogP contribution in [0.2, 0.25) is 0 Å². The van der Waals surface area contributed by atoms with E-state index in [0.717, 1.165) is 0 Å². The molecule has 2 aromatic rings. The second kappa shape index (κ2) is 6.99. The van der Waals surface area contributed by atoms with Gasteiger partial charge in [0.1, 0.15) is 11.4 Å². The summed E-state index contributed by atoms with van der Waals surface area (Å²) >= 11 is 0. The number of nitrogens with zero attached hydrogens (tertiary/aromatic N) is 1. The maximum Gasteiger partial charge on any atom is 0.431 e. The van der Waals surface area contributed by atoms with Gasteiger partial charge in [0.2, 0.25) is 0 Å². The van der Waals surface area contributed by atoms with Gasteiger partial charge >= 0.3 is 17.8 Å². The van der Waals surface area contributed by atoms with Crippen LogP contribution in [0, 0.1) is 0 Å². The molecule has 0 spiro atoms. The van der Waals surface area contributed by atoms with Crippen LogP contribution in [-0.4, -0.2) is 27.7 Å². The van der Waals surface area contributed by atoms with E-state index in [1.165, 1.54) is 18.2 Å². The highest BCUT2D eigenvalue weighted by Gasteiger charge is 2.32. The van der Waals surface area contributed by atoms with Gasteiger partial charge in [-0.05, 0) is 24.3 Å². The van der Waals surface area contributed by atoms with Crippen LogP contribution < -0.4 is 10.4 Å². The first-order chi connectivity index (χ1) is 11.3. The second-order valence-electron chi connectivity index (χ2n) is 4.58. The maximum atomic E-state index is 12.7. The first-order valence-corrected chi connectivity index (χ1v) is 6.56. The Balaban J connectivity index is 2.30. The van der Waals surface area contributed by atoms with Crippen molar-refractivity contribution in [2.75, 3.05) is 6.61 Å². The summed E-state index contributed by atoms with van der Waals surface area (Å²) in [7, 11) is 0. The number of carboxylic acid groups (broad SMARTS) is 1. The van der Waals surface area contributed by atoms with Crippen molar-refractivity contribution in [1.29, 1.82) is 0 Å². The molecule has 6 nitrogen and oxygen atoms in total. The number of aromatic nitrogens is 2. The molecule has 0 aliphatic rings. The number of para-hydroxylation sites is 1. The topological polar surface area (TPSA) is 92.3 Å². The molecule has 0 saturated heterocycles. The van der Waals surface area contributed by atoms with E-state index in [1.807, 2.05) is 0 Å². The molecule has 0 saturated carbocycles. The zero-order chi connectivity index (χ0) is 17.7. The lowest BCUT2D eigenvalue weighted by Crippen LogP contribution is -2.19. The Morgan fingerprint density at radius 2 is 2.00 bits per heavy atom. The summed E-state index contributed by atoms with van der Waals surface area (Å²) in [5.74, 6) is -0.933. The largest absolute Gasteiger partial charge is 0.481 e. The summed E-state index contributed by atoms with van der Waals surface area (Å²) in [6, 6.07) is 7.03. The molecular formula is C15H11F3N2O4. The molecule has 0 aliphatic carbocycles. The fourth-order valence-corrected chi connectivity index (χ4v) is 1.78. The van der Waals surface area contributed by atoms with E-state index < -0.39 is 30.1 Å². The van der Waals surface area contributed by atoms with E-state index in [1.54, 1.807) is 23.2 Å². The van der Waals surface area contributed by atoms with Gasteiger partial charge in [-0.25, -0.2) is 9.59 Å². The standard InChI is InChI=1S/C15H11F3N2O4/c16-15(17,18)12-7-10(19-14(23)20-12)6-5-9-3-1-2-4-11(9)24-8-13(21)22/h1-7H,8H2,(H,21,22)(H,19,20,23)/b6-5+. The third kappa shape index (κ3) is 4.70. The number of aliphatic carboxylic acids is 1. The number of H-pyrrole nitrogens is 1. The van der Waals surface area contributed by atoms with Gasteiger partial charge in [-0.15, -0.1) is 0 Å². The van der Waals surface area contributed by atoms with Gasteiger partial charge in [-0.3, -0.25) is 0 Å². The van der Waals surface area contributed by atoms with E-state index in [2.05, 4.69) is 4.98 Å². The number of nitrogens with one attached hydrogen (secondary N) is 1. The number of hydrogen-bond donors (Lipinski definition) is 2. The van der Waals surface area contributed by atoms with Crippen LogP contribution in [0.15, 0.2) is 35.1 Å². The van der Waals surface area contributed by atoms with Crippen molar-refractivity contribution in [2.24, 2.45) is 0 Å². The lowest BCUT2D eigenvalue weighted by atomic mass is 10.1. The summed E-state index contributed by atoms with van der Waals surface area (Å²) in [5.41, 5.74) is -2.11. The van der Waals surface area contributed by atoms with Crippen molar-refractivity contribution >= 4 is 18.1 Å². The quantitative estimate of drug-likeness (QED) is 0.872. The van der Waals surface area contributed by atoms with E-state index in [-0.39, 0.29) is 11.4 Å². The molecule has 0 amide bonds. The number of alkyl halides is 3. The van der Waals surface area contributed by atoms with E-state index in [9.17, 15) is 22.8 Å². The predicted molar refractivity (Wildman–Crippen MR) is 78.4 cm³/mol. The summed E-state index contributed by atoms with van der Waals surface area (Å²) < 4.78 is 43.0. The number of ether oxygens (including phenoxy) is 1. The molecule has 2 rings (SSSR count). The van der Waals surface area contributed by atoms with Crippen LogP contribution in [-0.2, 0) is 11.0 Å². The minimum absolute atomic E-state index is 0.195. The van der Waals surface area contributed by atoms with Crippen LogP contribution in [0.1, 0.15) is 17.0 Å². The van der Waals surface area contributed by atoms with Crippen molar-refractivity contribution < 1.29 is 27.8 Å². The normalized spacial score (nSPS) is 11.6. The average Bonchev–Trinajstić information content (AvgIpc) is 2.50.